The van der Waals surface area contributed by atoms with Crippen LogP contribution >= 0.6 is 0 Å². The summed E-state index contributed by atoms with van der Waals surface area (Å²) in [4.78, 5) is 1.62. The molecule has 1 heterocycles. The lowest BCUT2D eigenvalue weighted by atomic mass is 10.1. The topological polar surface area (TPSA) is 42.7 Å². The molecule has 0 bridgehead atoms. The largest absolute Gasteiger partial charge is 0.388 e. The normalized spacial score (nSPS) is 10.1. The van der Waals surface area contributed by atoms with E-state index in [1.807, 2.05) is 32.2 Å². The minimum absolute atomic E-state index is 1.00. The molecule has 0 saturated carbocycles. The monoisotopic (exact) mass is 188 g/mol. The highest BCUT2D eigenvalue weighted by Gasteiger charge is 2.04. The lowest BCUT2D eigenvalue weighted by Crippen LogP contribution is -2.03. The van der Waals surface area contributed by atoms with Gasteiger partial charge in [0.1, 0.15) is 0 Å². The Labute approximate surface area is 82.6 Å². The predicted octanol–water partition coefficient (Wildman–Crippen LogP) is 1.62. The number of anilines is 1. The van der Waals surface area contributed by atoms with Crippen LogP contribution in [0.5, 0.6) is 0 Å². The molecular formula is C10H12N4. The highest BCUT2D eigenvalue weighted by molar-refractivity contribution is 5.58. The van der Waals surface area contributed by atoms with Crippen LogP contribution in [0, 0.1) is 6.92 Å². The summed E-state index contributed by atoms with van der Waals surface area (Å²) in [7, 11) is 1.91. The van der Waals surface area contributed by atoms with E-state index in [0.717, 1.165) is 16.9 Å². The van der Waals surface area contributed by atoms with Gasteiger partial charge in [-0.1, -0.05) is 6.07 Å². The van der Waals surface area contributed by atoms with Crippen LogP contribution in [-0.4, -0.2) is 22.0 Å². The van der Waals surface area contributed by atoms with Gasteiger partial charge in [0.2, 0.25) is 0 Å². The molecule has 4 nitrogen and oxygen atoms in total. The predicted molar refractivity (Wildman–Crippen MR) is 55.6 cm³/mol. The summed E-state index contributed by atoms with van der Waals surface area (Å²) in [5.74, 6) is 0. The van der Waals surface area contributed by atoms with Crippen LogP contribution in [0.2, 0.25) is 0 Å². The Morgan fingerprint density at radius 1 is 1.21 bits per heavy atom. The molecule has 0 unspecified atom stereocenters. The van der Waals surface area contributed by atoms with Crippen LogP contribution in [0.25, 0.3) is 5.69 Å². The van der Waals surface area contributed by atoms with Gasteiger partial charge in [0.25, 0.3) is 0 Å². The first-order valence-electron chi connectivity index (χ1n) is 4.47. The Bertz CT molecular complexity index is 420. The van der Waals surface area contributed by atoms with Crippen molar-refractivity contribution in [2.75, 3.05) is 12.4 Å². The Kier molecular flexibility index (Phi) is 2.18. The van der Waals surface area contributed by atoms with Gasteiger partial charge < -0.3 is 5.32 Å². The summed E-state index contributed by atoms with van der Waals surface area (Å²) in [6.07, 6.45) is 3.34. The Hall–Kier alpha value is -1.84. The third kappa shape index (κ3) is 1.35. The molecule has 14 heavy (non-hydrogen) atoms. The van der Waals surface area contributed by atoms with Gasteiger partial charge in [-0.25, -0.2) is 0 Å². The van der Waals surface area contributed by atoms with Crippen LogP contribution in [0.1, 0.15) is 5.56 Å². The van der Waals surface area contributed by atoms with E-state index in [-0.39, 0.29) is 0 Å². The highest BCUT2D eigenvalue weighted by Crippen LogP contribution is 2.20. The molecule has 1 aromatic carbocycles. The summed E-state index contributed by atoms with van der Waals surface area (Å²) in [5.41, 5.74) is 3.24. The van der Waals surface area contributed by atoms with Gasteiger partial charge in [-0.2, -0.15) is 15.0 Å². The van der Waals surface area contributed by atoms with Gasteiger partial charge in [-0.05, 0) is 24.6 Å². The van der Waals surface area contributed by atoms with Gasteiger partial charge in [0, 0.05) is 12.7 Å². The number of hydrogen-bond donors (Lipinski definition) is 1. The fraction of sp³-hybridized carbons (Fsp3) is 0.200. The van der Waals surface area contributed by atoms with Crippen LogP contribution < -0.4 is 5.32 Å². The van der Waals surface area contributed by atoms with Crippen molar-refractivity contribution in [3.8, 4) is 5.69 Å². The molecule has 0 atom stereocenters. The van der Waals surface area contributed by atoms with E-state index >= 15 is 0 Å². The summed E-state index contributed by atoms with van der Waals surface area (Å²) in [5, 5.41) is 11.3. The van der Waals surface area contributed by atoms with Crippen molar-refractivity contribution in [2.45, 2.75) is 6.92 Å². The lowest BCUT2D eigenvalue weighted by Gasteiger charge is -2.09. The van der Waals surface area contributed by atoms with Crippen LogP contribution in [0.4, 0.5) is 5.69 Å². The van der Waals surface area contributed by atoms with Crippen molar-refractivity contribution in [3.63, 3.8) is 0 Å². The second kappa shape index (κ2) is 3.49. The van der Waals surface area contributed by atoms with Gasteiger partial charge >= 0.3 is 0 Å². The van der Waals surface area contributed by atoms with E-state index in [0.29, 0.717) is 0 Å². The second-order valence-electron chi connectivity index (χ2n) is 3.02. The van der Waals surface area contributed by atoms with Crippen LogP contribution in [-0.2, 0) is 0 Å². The zero-order valence-corrected chi connectivity index (χ0v) is 8.23. The Morgan fingerprint density at radius 3 is 2.57 bits per heavy atom. The van der Waals surface area contributed by atoms with Gasteiger partial charge in [0.15, 0.2) is 0 Å². The minimum atomic E-state index is 1.00. The molecule has 4 heteroatoms. The van der Waals surface area contributed by atoms with E-state index in [1.165, 1.54) is 0 Å². The molecule has 1 N–H and O–H groups in total. The Morgan fingerprint density at radius 2 is 1.93 bits per heavy atom. The van der Waals surface area contributed by atoms with Gasteiger partial charge in [-0.3, -0.25) is 0 Å². The van der Waals surface area contributed by atoms with Gasteiger partial charge in [-0.15, -0.1) is 0 Å². The smallest absolute Gasteiger partial charge is 0.0906 e. The number of nitrogens with zero attached hydrogens (tertiary/aromatic N) is 3. The van der Waals surface area contributed by atoms with Crippen molar-refractivity contribution >= 4 is 5.69 Å². The molecule has 0 radical (unpaired) electrons. The zero-order chi connectivity index (χ0) is 9.97. The van der Waals surface area contributed by atoms with E-state index < -0.39 is 0 Å². The van der Waals surface area contributed by atoms with Crippen molar-refractivity contribution in [1.82, 2.24) is 15.0 Å². The summed E-state index contributed by atoms with van der Waals surface area (Å²) in [6, 6.07) is 6.01. The first kappa shape index (κ1) is 8.74. The van der Waals surface area contributed by atoms with E-state index in [4.69, 9.17) is 0 Å². The van der Waals surface area contributed by atoms with Crippen LogP contribution in [0.3, 0.4) is 0 Å². The summed E-state index contributed by atoms with van der Waals surface area (Å²) >= 11 is 0. The van der Waals surface area contributed by atoms with Crippen molar-refractivity contribution < 1.29 is 0 Å². The number of rotatable bonds is 2. The minimum Gasteiger partial charge on any atom is -0.388 e. The fourth-order valence-corrected chi connectivity index (χ4v) is 1.45. The summed E-state index contributed by atoms with van der Waals surface area (Å²) < 4.78 is 0. The Balaban J connectivity index is 2.54. The molecule has 72 valence electrons. The first-order valence-corrected chi connectivity index (χ1v) is 4.47. The first-order chi connectivity index (χ1) is 6.83. The van der Waals surface area contributed by atoms with Crippen molar-refractivity contribution in [1.29, 1.82) is 0 Å². The standard InChI is InChI=1S/C10H12N4/c1-8-9(11-2)4-3-5-10(8)14-12-6-7-13-14/h3-7,11H,1-2H3. The molecule has 0 amide bonds. The molecule has 2 aromatic rings. The maximum absolute atomic E-state index is 4.10. The maximum Gasteiger partial charge on any atom is 0.0906 e. The third-order valence-corrected chi connectivity index (χ3v) is 2.21. The molecule has 0 fully saturated rings. The average Bonchev–Trinajstić information content (AvgIpc) is 2.71. The third-order valence-electron chi connectivity index (χ3n) is 2.21. The molecule has 0 aliphatic heterocycles. The van der Waals surface area contributed by atoms with E-state index in [9.17, 15) is 0 Å². The average molecular weight is 188 g/mol. The molecule has 1 aromatic heterocycles. The number of benzene rings is 1. The number of aromatic nitrogens is 3. The molecule has 0 aliphatic rings. The second-order valence-corrected chi connectivity index (χ2v) is 3.02. The highest BCUT2D eigenvalue weighted by atomic mass is 15.5. The maximum atomic E-state index is 4.10. The number of hydrogen-bond acceptors (Lipinski definition) is 3. The molecular weight excluding hydrogens is 176 g/mol. The lowest BCUT2D eigenvalue weighted by molar-refractivity contribution is 0.747. The fourth-order valence-electron chi connectivity index (χ4n) is 1.45. The number of nitrogens with one attached hydrogen (secondary N) is 1. The van der Waals surface area contributed by atoms with Crippen LogP contribution in [0.15, 0.2) is 30.6 Å². The van der Waals surface area contributed by atoms with Gasteiger partial charge in [0.05, 0.1) is 18.1 Å². The van der Waals surface area contributed by atoms with E-state index in [2.05, 4.69) is 15.5 Å². The van der Waals surface area contributed by atoms with E-state index in [1.54, 1.807) is 17.2 Å². The molecule has 2 rings (SSSR count). The summed E-state index contributed by atoms with van der Waals surface area (Å²) in [6.45, 7) is 2.05. The SMILES string of the molecule is CNc1cccc(-n2nccn2)c1C. The quantitative estimate of drug-likeness (QED) is 0.778. The zero-order valence-electron chi connectivity index (χ0n) is 8.23. The van der Waals surface area contributed by atoms with Crippen molar-refractivity contribution in [2.24, 2.45) is 0 Å². The molecule has 0 spiro atoms. The molecule has 0 saturated heterocycles. The van der Waals surface area contributed by atoms with Crippen molar-refractivity contribution in [3.05, 3.63) is 36.2 Å². The molecule has 0 aliphatic carbocycles.